The van der Waals surface area contributed by atoms with Crippen LogP contribution in [0, 0.1) is 17.8 Å². The molecule has 0 aromatic rings. The predicted octanol–water partition coefficient (Wildman–Crippen LogP) is 4.53. The van der Waals surface area contributed by atoms with Crippen LogP contribution in [0.3, 0.4) is 0 Å². The number of ether oxygens (including phenoxy) is 4. The third kappa shape index (κ3) is 5.20. The number of aliphatic hydroxyl groups excluding tert-OH is 1. The molecular formula is C31H44O7. The van der Waals surface area contributed by atoms with Gasteiger partial charge in [0.25, 0.3) is 0 Å². The highest BCUT2D eigenvalue weighted by atomic mass is 16.7. The Morgan fingerprint density at radius 1 is 1.11 bits per heavy atom. The molecule has 4 aliphatic heterocycles. The molecule has 7 nitrogen and oxygen atoms in total. The van der Waals surface area contributed by atoms with Gasteiger partial charge in [-0.1, -0.05) is 49.8 Å². The molecule has 0 radical (unpaired) electrons. The molecule has 3 saturated heterocycles. The molecular weight excluding hydrogens is 484 g/mol. The van der Waals surface area contributed by atoms with Crippen molar-refractivity contribution < 1.29 is 34.0 Å². The summed E-state index contributed by atoms with van der Waals surface area (Å²) in [5.74, 6) is -1.53. The Morgan fingerprint density at radius 3 is 2.66 bits per heavy atom. The van der Waals surface area contributed by atoms with Crippen LogP contribution in [0.15, 0.2) is 47.1 Å². The summed E-state index contributed by atoms with van der Waals surface area (Å²) in [5, 5.41) is 22.8. The van der Waals surface area contributed by atoms with Crippen LogP contribution in [-0.4, -0.2) is 64.7 Å². The average Bonchev–Trinajstić information content (AvgIpc) is 3.19. The molecule has 1 spiro atoms. The molecule has 7 heteroatoms. The van der Waals surface area contributed by atoms with Gasteiger partial charge < -0.3 is 29.2 Å². The first-order valence-corrected chi connectivity index (χ1v) is 14.3. The third-order valence-corrected chi connectivity index (χ3v) is 9.30. The second kappa shape index (κ2) is 10.7. The molecule has 0 aromatic heterocycles. The minimum atomic E-state index is -1.68. The number of allylic oxidation sites excluding steroid dienone is 4. The summed E-state index contributed by atoms with van der Waals surface area (Å²) < 4.78 is 25.2. The fourth-order valence-electron chi connectivity index (χ4n) is 6.85. The number of hydrogen-bond donors (Lipinski definition) is 2. The lowest BCUT2D eigenvalue weighted by Gasteiger charge is -2.49. The van der Waals surface area contributed by atoms with Crippen LogP contribution >= 0.6 is 0 Å². The molecule has 10 atom stereocenters. The number of hydrogen-bond acceptors (Lipinski definition) is 7. The molecule has 0 aromatic carbocycles. The van der Waals surface area contributed by atoms with Crippen molar-refractivity contribution in [3.8, 4) is 0 Å². The van der Waals surface area contributed by atoms with Gasteiger partial charge in [0.05, 0.1) is 18.8 Å². The van der Waals surface area contributed by atoms with Gasteiger partial charge in [-0.2, -0.15) is 0 Å². The van der Waals surface area contributed by atoms with Crippen LogP contribution in [0.2, 0.25) is 0 Å². The third-order valence-electron chi connectivity index (χ3n) is 9.30. The highest BCUT2D eigenvalue weighted by molar-refractivity contribution is 5.78. The Bertz CT molecular complexity index is 1040. The molecule has 3 fully saturated rings. The van der Waals surface area contributed by atoms with E-state index in [0.717, 1.165) is 25.7 Å². The van der Waals surface area contributed by atoms with Crippen molar-refractivity contribution in [3.63, 3.8) is 0 Å². The molecule has 38 heavy (non-hydrogen) atoms. The topological polar surface area (TPSA) is 94.5 Å². The summed E-state index contributed by atoms with van der Waals surface area (Å²) in [4.78, 5) is 13.8. The smallest absolute Gasteiger partial charge is 0.316 e. The minimum Gasteiger partial charge on any atom is -0.462 e. The number of aliphatic hydroxyl groups is 2. The number of rotatable bonds is 0. The minimum absolute atomic E-state index is 0.0526. The summed E-state index contributed by atoms with van der Waals surface area (Å²) >= 11 is 0. The van der Waals surface area contributed by atoms with E-state index in [1.54, 1.807) is 13.0 Å². The van der Waals surface area contributed by atoms with Gasteiger partial charge in [0.1, 0.15) is 29.8 Å². The zero-order valence-electron chi connectivity index (χ0n) is 23.4. The molecule has 2 bridgehead atoms. The van der Waals surface area contributed by atoms with Crippen molar-refractivity contribution in [3.05, 3.63) is 47.1 Å². The highest BCUT2D eigenvalue weighted by Gasteiger charge is 2.60. The summed E-state index contributed by atoms with van der Waals surface area (Å²) in [7, 11) is 0. The molecule has 1 aliphatic carbocycles. The summed E-state index contributed by atoms with van der Waals surface area (Å²) in [5.41, 5.74) is 0.783. The van der Waals surface area contributed by atoms with Gasteiger partial charge in [0.15, 0.2) is 5.79 Å². The number of carbonyl (C=O) groups excluding carboxylic acids is 1. The molecule has 0 amide bonds. The first-order valence-electron chi connectivity index (χ1n) is 14.3. The number of carbonyl (C=O) groups is 1. The maximum absolute atomic E-state index is 13.8. The first kappa shape index (κ1) is 27.8. The van der Waals surface area contributed by atoms with Crippen LogP contribution in [0.5, 0.6) is 0 Å². The van der Waals surface area contributed by atoms with Crippen LogP contribution in [0.4, 0.5) is 0 Å². The second-order valence-corrected chi connectivity index (χ2v) is 12.4. The van der Waals surface area contributed by atoms with E-state index < -0.39 is 41.6 Å². The Balaban J connectivity index is 1.51. The van der Waals surface area contributed by atoms with E-state index in [4.69, 9.17) is 18.9 Å². The standard InChI is InChI=1S/C31H44O7/c1-18-7-6-8-23-17-35-28-27(32)21(4)14-26(31(23,28)34)29(33)36-25-15-24(10-9-19(2)13-18)38-30(16-25)12-11-20(3)22(5)37-30/h6-9,14,18,20,22,24-28,32,34H,10-13,15-17H2,1-5H3/b7-6+,19-9+,23-8-/t18-,20-,22+,24+,25-,26-,27+,28+,30-,31+/m0/s1. The highest BCUT2D eigenvalue weighted by Crippen LogP contribution is 2.47. The van der Waals surface area contributed by atoms with Crippen molar-refractivity contribution in [1.29, 1.82) is 0 Å². The molecule has 2 N–H and O–H groups in total. The zero-order valence-corrected chi connectivity index (χ0v) is 23.4. The normalized spacial score (nSPS) is 49.7. The average molecular weight is 529 g/mol. The lowest BCUT2D eigenvalue weighted by atomic mass is 9.71. The quantitative estimate of drug-likeness (QED) is 0.352. The maximum atomic E-state index is 13.8. The van der Waals surface area contributed by atoms with Crippen LogP contribution in [-0.2, 0) is 23.7 Å². The van der Waals surface area contributed by atoms with Crippen molar-refractivity contribution >= 4 is 5.97 Å². The van der Waals surface area contributed by atoms with Crippen molar-refractivity contribution in [1.82, 2.24) is 0 Å². The van der Waals surface area contributed by atoms with Crippen molar-refractivity contribution in [2.24, 2.45) is 17.8 Å². The molecule has 5 rings (SSSR count). The van der Waals surface area contributed by atoms with E-state index in [1.807, 2.05) is 12.2 Å². The van der Waals surface area contributed by atoms with Gasteiger partial charge in [0, 0.05) is 19.3 Å². The largest absolute Gasteiger partial charge is 0.462 e. The fraction of sp³-hybridized carbons (Fsp3) is 0.710. The molecule has 5 aliphatic rings. The van der Waals surface area contributed by atoms with Crippen LogP contribution < -0.4 is 0 Å². The van der Waals surface area contributed by atoms with E-state index in [-0.39, 0.29) is 18.8 Å². The summed E-state index contributed by atoms with van der Waals surface area (Å²) in [6.45, 7) is 10.5. The maximum Gasteiger partial charge on any atom is 0.316 e. The molecule has 4 heterocycles. The second-order valence-electron chi connectivity index (χ2n) is 12.4. The van der Waals surface area contributed by atoms with Gasteiger partial charge in [-0.3, -0.25) is 4.79 Å². The number of esters is 1. The van der Waals surface area contributed by atoms with E-state index in [2.05, 4.69) is 39.8 Å². The Kier molecular flexibility index (Phi) is 7.79. The van der Waals surface area contributed by atoms with Gasteiger partial charge in [0.2, 0.25) is 0 Å². The van der Waals surface area contributed by atoms with Crippen molar-refractivity contribution in [2.45, 2.75) is 115 Å². The first-order chi connectivity index (χ1) is 18.0. The van der Waals surface area contributed by atoms with Gasteiger partial charge in [-0.05, 0) is 63.0 Å². The summed E-state index contributed by atoms with van der Waals surface area (Å²) in [6, 6.07) is 0. The van der Waals surface area contributed by atoms with E-state index in [9.17, 15) is 15.0 Å². The van der Waals surface area contributed by atoms with Gasteiger partial charge >= 0.3 is 5.97 Å². The monoisotopic (exact) mass is 528 g/mol. The molecule has 0 unspecified atom stereocenters. The Labute approximate surface area is 226 Å². The van der Waals surface area contributed by atoms with Gasteiger partial charge in [-0.15, -0.1) is 0 Å². The van der Waals surface area contributed by atoms with Crippen molar-refractivity contribution in [2.75, 3.05) is 6.61 Å². The zero-order chi connectivity index (χ0) is 27.2. The lowest BCUT2D eigenvalue weighted by molar-refractivity contribution is -0.332. The number of fused-ring (bicyclic) bond motifs is 2. The predicted molar refractivity (Wildman–Crippen MR) is 143 cm³/mol. The van der Waals surface area contributed by atoms with Crippen LogP contribution in [0.1, 0.15) is 73.1 Å². The van der Waals surface area contributed by atoms with E-state index in [1.165, 1.54) is 5.57 Å². The molecule has 0 saturated carbocycles. The molecule has 210 valence electrons. The van der Waals surface area contributed by atoms with Gasteiger partial charge in [-0.25, -0.2) is 0 Å². The SMILES string of the molecule is CC1=C[C@H]2C(=O)O[C@H]3C[C@@H](C/C=C(\C)C[C@@H](C)/C=C/C=C4/CO[C@H]([C@@H]1O)[C@@]42O)O[C@@]1(CC[C@H](C)[C@@H](C)O1)C3. The Hall–Kier alpha value is -1.77. The van der Waals surface area contributed by atoms with E-state index in [0.29, 0.717) is 35.8 Å². The van der Waals surface area contributed by atoms with E-state index >= 15 is 0 Å². The lowest BCUT2D eigenvalue weighted by Crippen LogP contribution is -2.58. The summed E-state index contributed by atoms with van der Waals surface area (Å²) in [6.07, 6.45) is 11.8. The Morgan fingerprint density at radius 2 is 1.89 bits per heavy atom. The fourth-order valence-corrected chi connectivity index (χ4v) is 6.85. The van der Waals surface area contributed by atoms with Crippen LogP contribution in [0.25, 0.3) is 0 Å².